The Morgan fingerprint density at radius 2 is 1.89 bits per heavy atom. The van der Waals surface area contributed by atoms with Gasteiger partial charge in [0, 0.05) is 38.8 Å². The Labute approximate surface area is 189 Å². The van der Waals surface area contributed by atoms with Crippen LogP contribution >= 0.6 is 24.0 Å². The van der Waals surface area contributed by atoms with Gasteiger partial charge in [0.05, 0.1) is 0 Å². The van der Waals surface area contributed by atoms with Gasteiger partial charge in [-0.2, -0.15) is 0 Å². The van der Waals surface area contributed by atoms with Gasteiger partial charge in [-0.05, 0) is 51.4 Å². The molecule has 6 heteroatoms. The molecule has 0 aliphatic carbocycles. The van der Waals surface area contributed by atoms with Crippen molar-refractivity contribution in [2.75, 3.05) is 39.8 Å². The lowest BCUT2D eigenvalue weighted by Gasteiger charge is -2.21. The third-order valence-corrected chi connectivity index (χ3v) is 5.58. The van der Waals surface area contributed by atoms with Crippen LogP contribution < -0.4 is 10.6 Å². The minimum atomic E-state index is 0. The van der Waals surface area contributed by atoms with Crippen LogP contribution in [0.3, 0.4) is 0 Å². The van der Waals surface area contributed by atoms with E-state index in [1.807, 2.05) is 7.05 Å². The number of nitrogens with one attached hydrogen (secondary N) is 2. The second-order valence-electron chi connectivity index (χ2n) is 7.57. The molecular weight excluding hydrogens is 461 g/mol. The largest absolute Gasteiger partial charge is 0.356 e. The molecule has 1 aliphatic rings. The first kappa shape index (κ1) is 25.2. The summed E-state index contributed by atoms with van der Waals surface area (Å²) in [5.41, 5.74) is 1.39. The molecule has 0 spiro atoms. The normalized spacial score (nSPS) is 20.2. The van der Waals surface area contributed by atoms with Crippen molar-refractivity contribution in [3.05, 3.63) is 35.9 Å². The fourth-order valence-corrected chi connectivity index (χ4v) is 3.84. The lowest BCUT2D eigenvalue weighted by atomic mass is 10.2. The van der Waals surface area contributed by atoms with Crippen LogP contribution in [0, 0.1) is 0 Å². The molecule has 1 aliphatic heterocycles. The quantitative estimate of drug-likeness (QED) is 0.223. The van der Waals surface area contributed by atoms with Gasteiger partial charge in [-0.1, -0.05) is 44.2 Å². The van der Waals surface area contributed by atoms with Crippen molar-refractivity contribution in [3.63, 3.8) is 0 Å². The predicted molar refractivity (Wildman–Crippen MR) is 132 cm³/mol. The van der Waals surface area contributed by atoms with Crippen LogP contribution in [0.25, 0.3) is 0 Å². The number of aliphatic imine (C=N–C) groups is 1. The van der Waals surface area contributed by atoms with Gasteiger partial charge in [-0.3, -0.25) is 9.89 Å². The van der Waals surface area contributed by atoms with E-state index in [0.29, 0.717) is 12.1 Å². The molecule has 1 fully saturated rings. The maximum atomic E-state index is 4.42. The average Bonchev–Trinajstić information content (AvgIpc) is 3.03. The second kappa shape index (κ2) is 14.2. The average molecular weight is 502 g/mol. The van der Waals surface area contributed by atoms with E-state index in [-0.39, 0.29) is 24.0 Å². The van der Waals surface area contributed by atoms with Crippen molar-refractivity contribution in [2.45, 2.75) is 58.7 Å². The summed E-state index contributed by atoms with van der Waals surface area (Å²) in [6.45, 7) is 13.4. The molecule has 0 amide bonds. The Bertz CT molecular complexity index is 547. The molecule has 1 aromatic rings. The van der Waals surface area contributed by atoms with Crippen LogP contribution in [-0.2, 0) is 6.54 Å². The molecule has 2 unspecified atom stereocenters. The zero-order valence-electron chi connectivity index (χ0n) is 18.2. The smallest absolute Gasteiger partial charge is 0.191 e. The first-order valence-corrected chi connectivity index (χ1v) is 10.6. The summed E-state index contributed by atoms with van der Waals surface area (Å²) in [5.74, 6) is 0.941. The number of benzene rings is 1. The van der Waals surface area contributed by atoms with E-state index in [1.165, 1.54) is 24.9 Å². The molecule has 1 aromatic carbocycles. The van der Waals surface area contributed by atoms with E-state index < -0.39 is 0 Å². The van der Waals surface area contributed by atoms with Crippen LogP contribution in [0.2, 0.25) is 0 Å². The first-order chi connectivity index (χ1) is 13.2. The Balaban J connectivity index is 0.00000392. The highest BCUT2D eigenvalue weighted by Crippen LogP contribution is 2.20. The number of rotatable bonds is 10. The number of hydrogen-bond donors (Lipinski definition) is 2. The number of unbranched alkanes of at least 4 members (excludes halogenated alkanes) is 1. The maximum Gasteiger partial charge on any atom is 0.191 e. The zero-order chi connectivity index (χ0) is 19.5. The van der Waals surface area contributed by atoms with E-state index in [1.54, 1.807) is 0 Å². The molecule has 5 nitrogen and oxygen atoms in total. The van der Waals surface area contributed by atoms with Crippen molar-refractivity contribution >= 4 is 29.9 Å². The zero-order valence-corrected chi connectivity index (χ0v) is 20.5. The summed E-state index contributed by atoms with van der Waals surface area (Å²) in [6, 6.07) is 11.8. The molecule has 0 bridgehead atoms. The van der Waals surface area contributed by atoms with E-state index in [2.05, 4.69) is 76.5 Å². The van der Waals surface area contributed by atoms with Gasteiger partial charge in [-0.15, -0.1) is 24.0 Å². The van der Waals surface area contributed by atoms with Crippen molar-refractivity contribution in [1.29, 1.82) is 0 Å². The van der Waals surface area contributed by atoms with Crippen LogP contribution in [0.1, 0.15) is 45.6 Å². The lowest BCUT2D eigenvalue weighted by Crippen LogP contribution is -2.44. The van der Waals surface area contributed by atoms with Gasteiger partial charge >= 0.3 is 0 Å². The number of likely N-dealkylation sites (tertiary alicyclic amines) is 1. The number of halogens is 1. The number of guanidine groups is 1. The fraction of sp³-hybridized carbons (Fsp3) is 0.682. The molecule has 2 rings (SSSR count). The second-order valence-corrected chi connectivity index (χ2v) is 7.57. The van der Waals surface area contributed by atoms with Crippen molar-refractivity contribution < 1.29 is 0 Å². The molecule has 1 heterocycles. The summed E-state index contributed by atoms with van der Waals surface area (Å²) >= 11 is 0. The highest BCUT2D eigenvalue weighted by molar-refractivity contribution is 14.0. The summed E-state index contributed by atoms with van der Waals surface area (Å²) in [5, 5.41) is 7.11. The van der Waals surface area contributed by atoms with Gasteiger partial charge in [0.2, 0.25) is 0 Å². The van der Waals surface area contributed by atoms with Gasteiger partial charge in [0.25, 0.3) is 0 Å². The third-order valence-electron chi connectivity index (χ3n) is 5.58. The minimum Gasteiger partial charge on any atom is -0.356 e. The van der Waals surface area contributed by atoms with Crippen LogP contribution in [0.5, 0.6) is 0 Å². The molecular formula is C22H40IN5. The highest BCUT2D eigenvalue weighted by Gasteiger charge is 2.29. The van der Waals surface area contributed by atoms with E-state index in [0.717, 1.165) is 45.1 Å². The summed E-state index contributed by atoms with van der Waals surface area (Å²) in [6.07, 6.45) is 3.57. The third kappa shape index (κ3) is 8.66. The highest BCUT2D eigenvalue weighted by atomic mass is 127. The minimum absolute atomic E-state index is 0. The molecule has 1 saturated heterocycles. The van der Waals surface area contributed by atoms with Gasteiger partial charge in [-0.25, -0.2) is 0 Å². The summed E-state index contributed by atoms with van der Waals surface area (Å²) in [7, 11) is 1.87. The molecule has 0 saturated carbocycles. The Hall–Kier alpha value is -0.860. The Morgan fingerprint density at radius 3 is 2.54 bits per heavy atom. The monoisotopic (exact) mass is 501 g/mol. The van der Waals surface area contributed by atoms with Gasteiger partial charge in [0.1, 0.15) is 0 Å². The molecule has 2 atom stereocenters. The molecule has 0 aromatic heterocycles. The number of nitrogens with zero attached hydrogens (tertiary/aromatic N) is 3. The Kier molecular flexibility index (Phi) is 12.7. The molecule has 160 valence electrons. The SMILES string of the molecule is CCN(CC)CCCCNC(=NC)NC1CC(C)N(Cc2ccccc2)C1.I. The molecule has 2 N–H and O–H groups in total. The molecule has 0 radical (unpaired) electrons. The van der Waals surface area contributed by atoms with Crippen LogP contribution in [-0.4, -0.2) is 67.6 Å². The van der Waals surface area contributed by atoms with Crippen molar-refractivity contribution in [1.82, 2.24) is 20.4 Å². The lowest BCUT2D eigenvalue weighted by molar-refractivity contribution is 0.258. The van der Waals surface area contributed by atoms with Gasteiger partial charge in [0.15, 0.2) is 5.96 Å². The number of hydrogen-bond acceptors (Lipinski definition) is 3. The topological polar surface area (TPSA) is 42.9 Å². The summed E-state index contributed by atoms with van der Waals surface area (Å²) < 4.78 is 0. The standard InChI is InChI=1S/C22H39N5.HI/c1-5-26(6-2)15-11-10-14-24-22(23-4)25-21-16-19(3)27(18-21)17-20-12-8-7-9-13-20;/h7-9,12-13,19,21H,5-6,10-11,14-18H2,1-4H3,(H2,23,24,25);1H. The maximum absolute atomic E-state index is 4.42. The van der Waals surface area contributed by atoms with Crippen molar-refractivity contribution in [2.24, 2.45) is 4.99 Å². The van der Waals surface area contributed by atoms with Gasteiger partial charge < -0.3 is 15.5 Å². The fourth-order valence-electron chi connectivity index (χ4n) is 3.84. The molecule has 28 heavy (non-hydrogen) atoms. The summed E-state index contributed by atoms with van der Waals surface area (Å²) in [4.78, 5) is 9.46. The van der Waals surface area contributed by atoms with E-state index in [4.69, 9.17) is 0 Å². The van der Waals surface area contributed by atoms with Crippen molar-refractivity contribution in [3.8, 4) is 0 Å². The predicted octanol–water partition coefficient (Wildman–Crippen LogP) is 3.55. The van der Waals surface area contributed by atoms with Crippen LogP contribution in [0.15, 0.2) is 35.3 Å². The van der Waals surface area contributed by atoms with E-state index >= 15 is 0 Å². The Morgan fingerprint density at radius 1 is 1.18 bits per heavy atom. The van der Waals surface area contributed by atoms with E-state index in [9.17, 15) is 0 Å². The van der Waals surface area contributed by atoms with Crippen LogP contribution in [0.4, 0.5) is 0 Å². The first-order valence-electron chi connectivity index (χ1n) is 10.6.